The maximum atomic E-state index is 12.3. The van der Waals surface area contributed by atoms with Gasteiger partial charge in [0.15, 0.2) is 0 Å². The zero-order valence-electron chi connectivity index (χ0n) is 14.6. The van der Waals surface area contributed by atoms with Gasteiger partial charge in [0, 0.05) is 11.6 Å². The lowest BCUT2D eigenvalue weighted by Gasteiger charge is -2.10. The fourth-order valence-corrected chi connectivity index (χ4v) is 2.35. The predicted octanol–water partition coefficient (Wildman–Crippen LogP) is 3.83. The molecule has 26 heavy (non-hydrogen) atoms. The lowest BCUT2D eigenvalue weighted by molar-refractivity contribution is -0.385. The van der Waals surface area contributed by atoms with Crippen LogP contribution in [0.2, 0.25) is 0 Å². The molecule has 7 heteroatoms. The molecule has 0 N–H and O–H groups in total. The lowest BCUT2D eigenvalue weighted by atomic mass is 10.1. The molecule has 2 aromatic rings. The minimum absolute atomic E-state index is 0.00379. The van der Waals surface area contributed by atoms with Gasteiger partial charge in [0.1, 0.15) is 6.61 Å². The van der Waals surface area contributed by atoms with Gasteiger partial charge in [-0.1, -0.05) is 19.1 Å². The number of hydrogen-bond acceptors (Lipinski definition) is 6. The first kappa shape index (κ1) is 19.1. The number of esters is 2. The molecule has 0 bridgehead atoms. The fraction of sp³-hybridized carbons (Fsp3) is 0.263. The molecule has 136 valence electrons. The Morgan fingerprint density at radius 2 is 1.65 bits per heavy atom. The Morgan fingerprint density at radius 3 is 2.19 bits per heavy atom. The monoisotopic (exact) mass is 357 g/mol. The minimum atomic E-state index is -0.662. The van der Waals surface area contributed by atoms with Crippen LogP contribution in [-0.4, -0.2) is 23.5 Å². The van der Waals surface area contributed by atoms with Crippen LogP contribution in [-0.2, 0) is 16.1 Å². The first-order chi connectivity index (χ1) is 12.4. The average Bonchev–Trinajstić information content (AvgIpc) is 2.63. The molecule has 0 unspecified atom stereocenters. The van der Waals surface area contributed by atoms with Gasteiger partial charge < -0.3 is 9.47 Å². The second-order valence-electron chi connectivity index (χ2n) is 5.64. The molecule has 2 rings (SSSR count). The van der Waals surface area contributed by atoms with Crippen molar-refractivity contribution in [2.24, 2.45) is 0 Å². The number of nitrogens with zero attached hydrogens (tertiary/aromatic N) is 1. The van der Waals surface area contributed by atoms with Crippen molar-refractivity contribution in [1.29, 1.82) is 0 Å². The van der Waals surface area contributed by atoms with E-state index in [0.29, 0.717) is 17.5 Å². The number of nitro benzene ring substituents is 1. The summed E-state index contributed by atoms with van der Waals surface area (Å²) in [5.74, 6) is -1.24. The molecular formula is C19H19NO6. The number of aryl methyl sites for hydroxylation is 1. The topological polar surface area (TPSA) is 95.7 Å². The molecular weight excluding hydrogens is 338 g/mol. The molecule has 0 amide bonds. The Morgan fingerprint density at radius 1 is 1.04 bits per heavy atom. The van der Waals surface area contributed by atoms with Crippen LogP contribution in [0.3, 0.4) is 0 Å². The Balaban J connectivity index is 2.10. The van der Waals surface area contributed by atoms with E-state index in [1.54, 1.807) is 25.1 Å². The fourth-order valence-electron chi connectivity index (χ4n) is 2.35. The largest absolute Gasteiger partial charge is 0.462 e. The Hall–Kier alpha value is -3.22. The van der Waals surface area contributed by atoms with E-state index in [4.69, 9.17) is 9.47 Å². The zero-order valence-corrected chi connectivity index (χ0v) is 14.6. The molecule has 2 aromatic carbocycles. The van der Waals surface area contributed by atoms with Gasteiger partial charge in [-0.2, -0.15) is 0 Å². The number of benzene rings is 2. The molecule has 0 aromatic heterocycles. The lowest BCUT2D eigenvalue weighted by Crippen LogP contribution is -2.14. The van der Waals surface area contributed by atoms with E-state index < -0.39 is 16.9 Å². The summed E-state index contributed by atoms with van der Waals surface area (Å²) in [5.41, 5.74) is 1.36. The summed E-state index contributed by atoms with van der Waals surface area (Å²) in [7, 11) is 0. The summed E-state index contributed by atoms with van der Waals surface area (Å²) in [6.07, 6.45) is 0.678. The van der Waals surface area contributed by atoms with E-state index in [0.717, 1.165) is 0 Å². The van der Waals surface area contributed by atoms with Crippen molar-refractivity contribution in [2.75, 3.05) is 6.61 Å². The molecule has 0 fully saturated rings. The van der Waals surface area contributed by atoms with E-state index in [1.807, 2.05) is 6.92 Å². The minimum Gasteiger partial charge on any atom is -0.462 e. The quantitative estimate of drug-likeness (QED) is 0.424. The predicted molar refractivity (Wildman–Crippen MR) is 94.0 cm³/mol. The van der Waals surface area contributed by atoms with Crippen molar-refractivity contribution in [3.05, 3.63) is 74.8 Å². The summed E-state index contributed by atoms with van der Waals surface area (Å²) in [4.78, 5) is 34.8. The molecule has 0 aliphatic rings. The Bertz CT molecular complexity index is 831. The first-order valence-corrected chi connectivity index (χ1v) is 8.11. The van der Waals surface area contributed by atoms with Crippen molar-refractivity contribution < 1.29 is 24.0 Å². The van der Waals surface area contributed by atoms with Gasteiger partial charge in [-0.25, -0.2) is 9.59 Å². The van der Waals surface area contributed by atoms with Crippen LogP contribution in [0.5, 0.6) is 0 Å². The van der Waals surface area contributed by atoms with Crippen molar-refractivity contribution >= 4 is 17.6 Å². The molecule has 7 nitrogen and oxygen atoms in total. The third kappa shape index (κ3) is 4.66. The third-order valence-electron chi connectivity index (χ3n) is 3.63. The van der Waals surface area contributed by atoms with Crippen molar-refractivity contribution in [1.82, 2.24) is 0 Å². The van der Waals surface area contributed by atoms with Gasteiger partial charge in [-0.3, -0.25) is 10.1 Å². The zero-order chi connectivity index (χ0) is 19.1. The summed E-state index contributed by atoms with van der Waals surface area (Å²) in [6, 6.07) is 10.8. The molecule has 0 aliphatic carbocycles. The van der Waals surface area contributed by atoms with E-state index in [1.165, 1.54) is 24.3 Å². The molecule has 0 saturated carbocycles. The second-order valence-corrected chi connectivity index (χ2v) is 5.64. The average molecular weight is 357 g/mol. The van der Waals surface area contributed by atoms with Crippen LogP contribution in [0.4, 0.5) is 5.69 Å². The Kier molecular flexibility index (Phi) is 6.43. The van der Waals surface area contributed by atoms with Crippen LogP contribution < -0.4 is 0 Å². The van der Waals surface area contributed by atoms with E-state index >= 15 is 0 Å². The third-order valence-corrected chi connectivity index (χ3v) is 3.63. The summed E-state index contributed by atoms with van der Waals surface area (Å²) in [6.45, 7) is 3.70. The second kappa shape index (κ2) is 8.75. The number of carbonyl (C=O) groups is 2. The normalized spacial score (nSPS) is 10.2. The van der Waals surface area contributed by atoms with Gasteiger partial charge in [0.2, 0.25) is 0 Å². The van der Waals surface area contributed by atoms with Crippen molar-refractivity contribution in [2.45, 2.75) is 26.9 Å². The summed E-state index contributed by atoms with van der Waals surface area (Å²) in [5, 5.41) is 10.8. The Labute approximate surface area is 150 Å². The van der Waals surface area contributed by atoms with Gasteiger partial charge in [-0.05, 0) is 43.2 Å². The highest BCUT2D eigenvalue weighted by atomic mass is 16.6. The van der Waals surface area contributed by atoms with Crippen LogP contribution in [0.1, 0.15) is 45.2 Å². The molecule has 0 atom stereocenters. The molecule has 0 heterocycles. The molecule has 0 radical (unpaired) electrons. The van der Waals surface area contributed by atoms with Crippen LogP contribution in [0.15, 0.2) is 42.5 Å². The van der Waals surface area contributed by atoms with Crippen molar-refractivity contribution in [3.63, 3.8) is 0 Å². The molecule has 0 spiro atoms. The molecule has 0 aliphatic heterocycles. The van der Waals surface area contributed by atoms with Gasteiger partial charge in [0.25, 0.3) is 5.69 Å². The van der Waals surface area contributed by atoms with Gasteiger partial charge >= 0.3 is 11.9 Å². The van der Waals surface area contributed by atoms with Gasteiger partial charge in [0.05, 0.1) is 22.7 Å². The van der Waals surface area contributed by atoms with E-state index in [2.05, 4.69) is 0 Å². The van der Waals surface area contributed by atoms with Crippen LogP contribution >= 0.6 is 0 Å². The maximum Gasteiger partial charge on any atom is 0.339 e. The van der Waals surface area contributed by atoms with E-state index in [9.17, 15) is 19.7 Å². The highest BCUT2D eigenvalue weighted by Gasteiger charge is 2.19. The maximum absolute atomic E-state index is 12.3. The summed E-state index contributed by atoms with van der Waals surface area (Å²) < 4.78 is 10.3. The number of rotatable bonds is 7. The van der Waals surface area contributed by atoms with E-state index in [-0.39, 0.29) is 30.0 Å². The highest BCUT2D eigenvalue weighted by Crippen LogP contribution is 2.20. The number of carbonyl (C=O) groups excluding carboxylic acids is 2. The number of nitro groups is 1. The van der Waals surface area contributed by atoms with Crippen molar-refractivity contribution in [3.8, 4) is 0 Å². The summed E-state index contributed by atoms with van der Waals surface area (Å²) >= 11 is 0. The smallest absolute Gasteiger partial charge is 0.339 e. The standard InChI is InChI=1S/C19H19NO6/c1-3-10-25-18(21)15-6-4-5-7-16(15)19(22)26-12-14-8-9-17(20(23)24)13(2)11-14/h4-9,11H,3,10,12H2,1-2H3. The van der Waals surface area contributed by atoms with Gasteiger partial charge in [-0.15, -0.1) is 0 Å². The molecule has 0 saturated heterocycles. The number of hydrogen-bond donors (Lipinski definition) is 0. The SMILES string of the molecule is CCCOC(=O)c1ccccc1C(=O)OCc1ccc([N+](=O)[O-])c(C)c1. The first-order valence-electron chi connectivity index (χ1n) is 8.11. The van der Waals surface area contributed by atoms with Crippen LogP contribution in [0.25, 0.3) is 0 Å². The highest BCUT2D eigenvalue weighted by molar-refractivity contribution is 6.03. The number of ether oxygens (including phenoxy) is 2. The van der Waals surface area contributed by atoms with Crippen LogP contribution in [0, 0.1) is 17.0 Å².